The number of nitrogens with one attached hydrogen (secondary N) is 2. The first-order valence-corrected chi connectivity index (χ1v) is 13.1. The Balaban J connectivity index is 1.68. The van der Waals surface area contributed by atoms with Gasteiger partial charge in [0.2, 0.25) is 5.91 Å². The molecule has 0 aliphatic rings. The molecule has 0 aromatic heterocycles. The van der Waals surface area contributed by atoms with Crippen molar-refractivity contribution >= 4 is 33.7 Å². The number of benzene rings is 3. The lowest BCUT2D eigenvalue weighted by molar-refractivity contribution is -0.131. The minimum Gasteiger partial charge on any atom is -0.445 e. The fraction of sp³-hybridized carbons (Fsp3) is 0.276. The quantitative estimate of drug-likeness (QED) is 0.295. The van der Waals surface area contributed by atoms with E-state index in [0.717, 1.165) is 16.7 Å². The standard InChI is InChI=1S/C29H31BrN2O5/c1-21(36-19-23-13-7-3-8-14-23)27(26(33)18-30)32-28(34)25(17-22-11-5-2-6-12-22)31-29(35)37-20-24-15-9-4-10-16-24/h2-16,21,25,27H,17-20H2,1H3,(H,31,35)(H,32,34)/t21-,25-,27-/m0/s1. The van der Waals surface area contributed by atoms with Crippen LogP contribution in [0, 0.1) is 0 Å². The fourth-order valence-corrected chi connectivity index (χ4v) is 4.01. The number of carbonyl (C=O) groups excluding carboxylic acids is 3. The van der Waals surface area contributed by atoms with E-state index >= 15 is 0 Å². The zero-order valence-corrected chi connectivity index (χ0v) is 22.2. The van der Waals surface area contributed by atoms with Crippen LogP contribution in [-0.4, -0.2) is 41.3 Å². The molecule has 194 valence electrons. The number of hydrogen-bond acceptors (Lipinski definition) is 5. The van der Waals surface area contributed by atoms with Crippen molar-refractivity contribution in [1.82, 2.24) is 10.6 Å². The van der Waals surface area contributed by atoms with Gasteiger partial charge < -0.3 is 20.1 Å². The SMILES string of the molecule is C[C@H](OCc1ccccc1)[C@H](NC(=O)[C@H](Cc1ccccc1)NC(=O)OCc1ccccc1)C(=O)CBr. The average Bonchev–Trinajstić information content (AvgIpc) is 2.94. The van der Waals surface area contributed by atoms with Gasteiger partial charge in [0.25, 0.3) is 0 Å². The summed E-state index contributed by atoms with van der Waals surface area (Å²) in [7, 11) is 0. The summed E-state index contributed by atoms with van der Waals surface area (Å²) in [6.45, 7) is 2.10. The maximum absolute atomic E-state index is 13.4. The third-order valence-electron chi connectivity index (χ3n) is 5.71. The zero-order chi connectivity index (χ0) is 26.5. The Morgan fingerprint density at radius 2 is 1.27 bits per heavy atom. The van der Waals surface area contributed by atoms with Gasteiger partial charge in [-0.15, -0.1) is 0 Å². The van der Waals surface area contributed by atoms with Gasteiger partial charge in [-0.1, -0.05) is 107 Å². The van der Waals surface area contributed by atoms with Crippen molar-refractivity contribution < 1.29 is 23.9 Å². The van der Waals surface area contributed by atoms with Crippen LogP contribution in [0.25, 0.3) is 0 Å². The predicted octanol–water partition coefficient (Wildman–Crippen LogP) is 4.58. The fourth-order valence-electron chi connectivity index (χ4n) is 3.66. The minimum absolute atomic E-state index is 0.0485. The first kappa shape index (κ1) is 28.1. The van der Waals surface area contributed by atoms with Crippen LogP contribution in [-0.2, 0) is 38.7 Å². The number of carbonyl (C=O) groups is 3. The lowest BCUT2D eigenvalue weighted by Gasteiger charge is -2.26. The number of rotatable bonds is 13. The lowest BCUT2D eigenvalue weighted by atomic mass is 10.0. The average molecular weight is 567 g/mol. The van der Waals surface area contributed by atoms with E-state index in [1.165, 1.54) is 0 Å². The largest absolute Gasteiger partial charge is 0.445 e. The molecule has 37 heavy (non-hydrogen) atoms. The summed E-state index contributed by atoms with van der Waals surface area (Å²) in [5, 5.41) is 5.50. The Labute approximate surface area is 225 Å². The van der Waals surface area contributed by atoms with Crippen LogP contribution in [0.15, 0.2) is 91.0 Å². The van der Waals surface area contributed by atoms with Crippen molar-refractivity contribution in [2.75, 3.05) is 5.33 Å². The molecule has 8 heteroatoms. The third kappa shape index (κ3) is 9.48. The van der Waals surface area contributed by atoms with E-state index in [2.05, 4.69) is 26.6 Å². The Hall–Kier alpha value is -3.49. The molecule has 0 radical (unpaired) electrons. The van der Waals surface area contributed by atoms with Crippen molar-refractivity contribution in [3.05, 3.63) is 108 Å². The maximum Gasteiger partial charge on any atom is 0.408 e. The molecule has 0 unspecified atom stereocenters. The van der Waals surface area contributed by atoms with E-state index in [4.69, 9.17) is 9.47 Å². The topological polar surface area (TPSA) is 93.7 Å². The van der Waals surface area contributed by atoms with Crippen molar-refractivity contribution in [2.24, 2.45) is 0 Å². The van der Waals surface area contributed by atoms with Crippen LogP contribution in [0.1, 0.15) is 23.6 Å². The molecule has 7 nitrogen and oxygen atoms in total. The highest BCUT2D eigenvalue weighted by Gasteiger charge is 2.31. The molecule has 0 fully saturated rings. The highest BCUT2D eigenvalue weighted by atomic mass is 79.9. The van der Waals surface area contributed by atoms with Crippen LogP contribution in [0.5, 0.6) is 0 Å². The van der Waals surface area contributed by atoms with Gasteiger partial charge in [0.1, 0.15) is 18.7 Å². The molecule has 3 atom stereocenters. The monoisotopic (exact) mass is 566 g/mol. The summed E-state index contributed by atoms with van der Waals surface area (Å²) < 4.78 is 11.2. The molecule has 0 bridgehead atoms. The molecule has 3 aromatic carbocycles. The first-order chi connectivity index (χ1) is 18.0. The van der Waals surface area contributed by atoms with Gasteiger partial charge in [-0.25, -0.2) is 4.79 Å². The molecule has 0 aliphatic carbocycles. The summed E-state index contributed by atoms with van der Waals surface area (Å²) >= 11 is 3.20. The Bertz CT molecular complexity index is 1130. The van der Waals surface area contributed by atoms with Crippen LogP contribution in [0.2, 0.25) is 0 Å². The van der Waals surface area contributed by atoms with Crippen LogP contribution >= 0.6 is 15.9 Å². The van der Waals surface area contributed by atoms with Gasteiger partial charge in [0.15, 0.2) is 5.78 Å². The number of hydrogen-bond donors (Lipinski definition) is 2. The van der Waals surface area contributed by atoms with Crippen LogP contribution in [0.4, 0.5) is 4.79 Å². The van der Waals surface area contributed by atoms with Gasteiger partial charge in [0.05, 0.1) is 18.0 Å². The van der Waals surface area contributed by atoms with Gasteiger partial charge >= 0.3 is 6.09 Å². The molecular formula is C29H31BrN2O5. The second kappa shape index (κ2) is 14.9. The summed E-state index contributed by atoms with van der Waals surface area (Å²) in [6, 6.07) is 26.3. The van der Waals surface area contributed by atoms with Crippen molar-refractivity contribution in [3.8, 4) is 0 Å². The second-order valence-electron chi connectivity index (χ2n) is 8.54. The van der Waals surface area contributed by atoms with Gasteiger partial charge in [-0.3, -0.25) is 9.59 Å². The van der Waals surface area contributed by atoms with Crippen molar-refractivity contribution in [3.63, 3.8) is 0 Å². The summed E-state index contributed by atoms with van der Waals surface area (Å²) in [4.78, 5) is 38.6. The van der Waals surface area contributed by atoms with Gasteiger partial charge in [0, 0.05) is 6.42 Å². The molecule has 0 heterocycles. The van der Waals surface area contributed by atoms with E-state index in [1.54, 1.807) is 6.92 Å². The number of halogens is 1. The van der Waals surface area contributed by atoms with Gasteiger partial charge in [-0.05, 0) is 23.6 Å². The van der Waals surface area contributed by atoms with Crippen LogP contribution in [0.3, 0.4) is 0 Å². The summed E-state index contributed by atoms with van der Waals surface area (Å²) in [5.41, 5.74) is 2.63. The second-order valence-corrected chi connectivity index (χ2v) is 9.10. The predicted molar refractivity (Wildman–Crippen MR) is 145 cm³/mol. The molecule has 3 aromatic rings. The lowest BCUT2D eigenvalue weighted by Crippen LogP contribution is -2.56. The smallest absolute Gasteiger partial charge is 0.408 e. The number of alkyl halides is 1. The summed E-state index contributed by atoms with van der Waals surface area (Å²) in [5.74, 6) is -0.742. The molecule has 0 aliphatic heterocycles. The molecule has 0 spiro atoms. The number of Topliss-reactive ketones (excluding diaryl/α,β-unsaturated/α-hetero) is 1. The summed E-state index contributed by atoms with van der Waals surface area (Å²) in [6.07, 6.45) is -1.10. The van der Waals surface area contributed by atoms with E-state index in [0.29, 0.717) is 6.61 Å². The molecule has 0 saturated carbocycles. The molecular weight excluding hydrogens is 536 g/mol. The first-order valence-electron chi connectivity index (χ1n) is 12.0. The van der Waals surface area contributed by atoms with E-state index in [1.807, 2.05) is 91.0 Å². The highest BCUT2D eigenvalue weighted by Crippen LogP contribution is 2.10. The Morgan fingerprint density at radius 1 is 0.757 bits per heavy atom. The van der Waals surface area contributed by atoms with Crippen molar-refractivity contribution in [2.45, 2.75) is 44.7 Å². The molecule has 3 rings (SSSR count). The number of ketones is 1. The normalized spacial score (nSPS) is 13.1. The van der Waals surface area contributed by atoms with E-state index < -0.39 is 30.2 Å². The zero-order valence-electron chi connectivity index (χ0n) is 20.6. The molecule has 2 amide bonds. The van der Waals surface area contributed by atoms with Crippen molar-refractivity contribution in [1.29, 1.82) is 0 Å². The Morgan fingerprint density at radius 3 is 1.81 bits per heavy atom. The van der Waals surface area contributed by atoms with Gasteiger partial charge in [-0.2, -0.15) is 0 Å². The molecule has 0 saturated heterocycles. The minimum atomic E-state index is -0.961. The highest BCUT2D eigenvalue weighted by molar-refractivity contribution is 9.09. The van der Waals surface area contributed by atoms with E-state index in [-0.39, 0.29) is 24.1 Å². The molecule has 2 N–H and O–H groups in total. The third-order valence-corrected chi connectivity index (χ3v) is 6.26. The number of ether oxygens (including phenoxy) is 2. The van der Waals surface area contributed by atoms with E-state index in [9.17, 15) is 14.4 Å². The Kier molecular flexibility index (Phi) is 11.3. The maximum atomic E-state index is 13.4. The number of alkyl carbamates (subject to hydrolysis) is 1. The number of amides is 2. The van der Waals surface area contributed by atoms with Crippen LogP contribution < -0.4 is 10.6 Å².